The minimum absolute atomic E-state index is 0.351. The lowest BCUT2D eigenvalue weighted by Gasteiger charge is -2.11. The molecule has 2 aromatic rings. The van der Waals surface area contributed by atoms with Gasteiger partial charge < -0.3 is 9.84 Å². The molecule has 1 atom stereocenters. The molecule has 2 heteroatoms. The van der Waals surface area contributed by atoms with Gasteiger partial charge in [0.1, 0.15) is 5.75 Å². The van der Waals surface area contributed by atoms with Gasteiger partial charge in [0, 0.05) is 0 Å². The Hall–Kier alpha value is -1.80. The maximum atomic E-state index is 10.2. The zero-order chi connectivity index (χ0) is 14.4. The summed E-state index contributed by atoms with van der Waals surface area (Å²) in [4.78, 5) is 0. The van der Waals surface area contributed by atoms with Crippen LogP contribution in [-0.4, -0.2) is 18.3 Å². The quantitative estimate of drug-likeness (QED) is 0.871. The van der Waals surface area contributed by atoms with Crippen LogP contribution in [0.3, 0.4) is 0 Å². The lowest BCUT2D eigenvalue weighted by Crippen LogP contribution is -2.13. The van der Waals surface area contributed by atoms with Crippen LogP contribution >= 0.6 is 0 Å². The molecule has 2 nitrogen and oxygen atoms in total. The Morgan fingerprint density at radius 1 is 0.850 bits per heavy atom. The molecule has 0 aliphatic carbocycles. The van der Waals surface area contributed by atoms with Crippen molar-refractivity contribution in [3.05, 3.63) is 65.2 Å². The smallest absolute Gasteiger partial charge is 0.118 e. The molecule has 0 saturated heterocycles. The van der Waals surface area contributed by atoms with Crippen LogP contribution in [0.1, 0.15) is 23.6 Å². The van der Waals surface area contributed by atoms with Gasteiger partial charge in [0.2, 0.25) is 0 Å². The highest BCUT2D eigenvalue weighted by Crippen LogP contribution is 2.14. The largest absolute Gasteiger partial charge is 0.497 e. The van der Waals surface area contributed by atoms with Crippen molar-refractivity contribution in [3.63, 3.8) is 0 Å². The summed E-state index contributed by atoms with van der Waals surface area (Å²) in [6.07, 6.45) is 2.06. The topological polar surface area (TPSA) is 29.5 Å². The Bertz CT molecular complexity index is 465. The van der Waals surface area contributed by atoms with Crippen molar-refractivity contribution in [3.8, 4) is 5.75 Å². The van der Waals surface area contributed by atoms with Crippen LogP contribution in [0.25, 0.3) is 0 Å². The number of aryl methyl sites for hydroxylation is 1. The molecule has 1 N–H and O–H groups in total. The summed E-state index contributed by atoms with van der Waals surface area (Å²) < 4.78 is 5.13. The van der Waals surface area contributed by atoms with E-state index in [0.717, 1.165) is 17.7 Å². The van der Waals surface area contributed by atoms with Gasteiger partial charge in [0.05, 0.1) is 13.2 Å². The second-order valence-electron chi connectivity index (χ2n) is 5.08. The first-order valence-electron chi connectivity index (χ1n) is 7.10. The zero-order valence-electron chi connectivity index (χ0n) is 12.2. The molecule has 0 amide bonds. The Morgan fingerprint density at radius 2 is 1.30 bits per heavy atom. The minimum Gasteiger partial charge on any atom is -0.497 e. The molecule has 0 fully saturated rings. The van der Waals surface area contributed by atoms with Crippen LogP contribution in [0, 0.1) is 0 Å². The van der Waals surface area contributed by atoms with Crippen LogP contribution in [-0.2, 0) is 19.3 Å². The third kappa shape index (κ3) is 4.10. The number of benzene rings is 2. The van der Waals surface area contributed by atoms with E-state index in [1.165, 1.54) is 11.1 Å². The van der Waals surface area contributed by atoms with Gasteiger partial charge in [-0.3, -0.25) is 0 Å². The average Bonchev–Trinajstić information content (AvgIpc) is 2.49. The van der Waals surface area contributed by atoms with Crippen molar-refractivity contribution >= 4 is 0 Å². The minimum atomic E-state index is -0.351. The third-order valence-electron chi connectivity index (χ3n) is 3.53. The predicted octanol–water partition coefficient (Wildman–Crippen LogP) is 3.40. The molecule has 0 saturated carbocycles. The number of ether oxygens (including phenoxy) is 1. The lowest BCUT2D eigenvalue weighted by atomic mass is 10.00. The fourth-order valence-electron chi connectivity index (χ4n) is 2.29. The SMILES string of the molecule is CCc1ccc(CC(O)Cc2ccc(OC)cc2)cc1. The monoisotopic (exact) mass is 270 g/mol. The fraction of sp³-hybridized carbons (Fsp3) is 0.333. The van der Waals surface area contributed by atoms with Crippen LogP contribution in [0.4, 0.5) is 0 Å². The second-order valence-corrected chi connectivity index (χ2v) is 5.08. The Labute approximate surface area is 121 Å². The standard InChI is InChI=1S/C18H22O2/c1-3-14-4-6-15(7-5-14)12-17(19)13-16-8-10-18(20-2)11-9-16/h4-11,17,19H,3,12-13H2,1-2H3. The molecule has 0 aromatic heterocycles. The maximum absolute atomic E-state index is 10.2. The number of hydrogen-bond acceptors (Lipinski definition) is 2. The van der Waals surface area contributed by atoms with Crippen molar-refractivity contribution in [1.29, 1.82) is 0 Å². The van der Waals surface area contributed by atoms with Crippen LogP contribution in [0.2, 0.25) is 0 Å². The highest BCUT2D eigenvalue weighted by Gasteiger charge is 2.07. The molecular weight excluding hydrogens is 248 g/mol. The first-order chi connectivity index (χ1) is 9.71. The van der Waals surface area contributed by atoms with E-state index in [-0.39, 0.29) is 6.10 Å². The molecular formula is C18H22O2. The lowest BCUT2D eigenvalue weighted by molar-refractivity contribution is 0.175. The highest BCUT2D eigenvalue weighted by atomic mass is 16.5. The van der Waals surface area contributed by atoms with E-state index in [1.807, 2.05) is 24.3 Å². The summed E-state index contributed by atoms with van der Waals surface area (Å²) >= 11 is 0. The Morgan fingerprint density at radius 3 is 1.75 bits per heavy atom. The van der Waals surface area contributed by atoms with E-state index in [9.17, 15) is 5.11 Å². The van der Waals surface area contributed by atoms with Gasteiger partial charge in [0.15, 0.2) is 0 Å². The molecule has 106 valence electrons. The van der Waals surface area contributed by atoms with Crippen molar-refractivity contribution < 1.29 is 9.84 Å². The predicted molar refractivity (Wildman–Crippen MR) is 82.2 cm³/mol. The maximum Gasteiger partial charge on any atom is 0.118 e. The van der Waals surface area contributed by atoms with Gasteiger partial charge in [-0.25, -0.2) is 0 Å². The second kappa shape index (κ2) is 7.11. The third-order valence-corrected chi connectivity index (χ3v) is 3.53. The van der Waals surface area contributed by atoms with Gasteiger partial charge in [-0.1, -0.05) is 43.3 Å². The molecule has 0 radical (unpaired) electrons. The van der Waals surface area contributed by atoms with E-state index < -0.39 is 0 Å². The summed E-state index contributed by atoms with van der Waals surface area (Å²) in [7, 11) is 1.66. The van der Waals surface area contributed by atoms with Crippen molar-refractivity contribution in [2.75, 3.05) is 7.11 Å². The summed E-state index contributed by atoms with van der Waals surface area (Å²) in [6, 6.07) is 16.3. The molecule has 20 heavy (non-hydrogen) atoms. The highest BCUT2D eigenvalue weighted by molar-refractivity contribution is 5.28. The molecule has 0 heterocycles. The van der Waals surface area contributed by atoms with Crippen molar-refractivity contribution in [1.82, 2.24) is 0 Å². The van der Waals surface area contributed by atoms with E-state index >= 15 is 0 Å². The number of aliphatic hydroxyl groups is 1. The molecule has 2 aromatic carbocycles. The van der Waals surface area contributed by atoms with Gasteiger partial charge in [0.25, 0.3) is 0 Å². The van der Waals surface area contributed by atoms with E-state index in [0.29, 0.717) is 12.8 Å². The molecule has 1 unspecified atom stereocenters. The number of methoxy groups -OCH3 is 1. The van der Waals surface area contributed by atoms with Crippen LogP contribution in [0.15, 0.2) is 48.5 Å². The van der Waals surface area contributed by atoms with E-state index in [2.05, 4.69) is 31.2 Å². The van der Waals surface area contributed by atoms with Crippen molar-refractivity contribution in [2.45, 2.75) is 32.3 Å². The van der Waals surface area contributed by atoms with Crippen LogP contribution in [0.5, 0.6) is 5.75 Å². The summed E-state index contributed by atoms with van der Waals surface area (Å²) in [5.41, 5.74) is 3.64. The Balaban J connectivity index is 1.91. The van der Waals surface area contributed by atoms with E-state index in [1.54, 1.807) is 7.11 Å². The first-order valence-corrected chi connectivity index (χ1v) is 7.10. The average molecular weight is 270 g/mol. The zero-order valence-corrected chi connectivity index (χ0v) is 12.2. The summed E-state index contributed by atoms with van der Waals surface area (Å²) in [6.45, 7) is 2.15. The van der Waals surface area contributed by atoms with Gasteiger partial charge in [-0.2, -0.15) is 0 Å². The van der Waals surface area contributed by atoms with Gasteiger partial charge in [-0.15, -0.1) is 0 Å². The van der Waals surface area contributed by atoms with Gasteiger partial charge in [-0.05, 0) is 48.1 Å². The first kappa shape index (κ1) is 14.6. The normalized spacial score (nSPS) is 12.2. The van der Waals surface area contributed by atoms with Crippen molar-refractivity contribution in [2.24, 2.45) is 0 Å². The fourth-order valence-corrected chi connectivity index (χ4v) is 2.29. The molecule has 0 aliphatic heterocycles. The number of hydrogen-bond donors (Lipinski definition) is 1. The van der Waals surface area contributed by atoms with Crippen LogP contribution < -0.4 is 4.74 Å². The van der Waals surface area contributed by atoms with E-state index in [4.69, 9.17) is 4.74 Å². The molecule has 2 rings (SSSR count). The van der Waals surface area contributed by atoms with Gasteiger partial charge >= 0.3 is 0 Å². The number of rotatable bonds is 6. The summed E-state index contributed by atoms with van der Waals surface area (Å²) in [5.74, 6) is 0.846. The summed E-state index contributed by atoms with van der Waals surface area (Å²) in [5, 5.41) is 10.2. The molecule has 0 bridgehead atoms. The number of aliphatic hydroxyl groups excluding tert-OH is 1. The Kier molecular flexibility index (Phi) is 5.19. The molecule has 0 aliphatic rings. The molecule has 0 spiro atoms.